The van der Waals surface area contributed by atoms with E-state index in [0.29, 0.717) is 25.1 Å². The van der Waals surface area contributed by atoms with E-state index >= 15 is 0 Å². The smallest absolute Gasteiger partial charge is 0.242 e. The first-order chi connectivity index (χ1) is 12.9. The van der Waals surface area contributed by atoms with Crippen molar-refractivity contribution >= 4 is 43.2 Å². The van der Waals surface area contributed by atoms with E-state index in [4.69, 9.17) is 0 Å². The molecule has 0 aliphatic carbocycles. The largest absolute Gasteiger partial charge is 0.324 e. The minimum absolute atomic E-state index is 0.300. The molecule has 0 saturated carbocycles. The van der Waals surface area contributed by atoms with Crippen molar-refractivity contribution in [2.24, 2.45) is 0 Å². The lowest BCUT2D eigenvalue weighted by molar-refractivity contribution is -0.119. The number of amides is 1. The molecule has 0 radical (unpaired) electrons. The van der Waals surface area contributed by atoms with E-state index in [1.165, 1.54) is 4.31 Å². The highest BCUT2D eigenvalue weighted by Crippen LogP contribution is 2.34. The Morgan fingerprint density at radius 1 is 1.19 bits per heavy atom. The second kappa shape index (κ2) is 7.03. The van der Waals surface area contributed by atoms with Crippen molar-refractivity contribution < 1.29 is 13.2 Å². The molecule has 0 spiro atoms. The summed E-state index contributed by atoms with van der Waals surface area (Å²) >= 11 is 1.56. The summed E-state index contributed by atoms with van der Waals surface area (Å²) in [4.78, 5) is 17.5. The van der Waals surface area contributed by atoms with Gasteiger partial charge in [0.2, 0.25) is 15.9 Å². The van der Waals surface area contributed by atoms with E-state index in [1.807, 2.05) is 48.5 Å². The summed E-state index contributed by atoms with van der Waals surface area (Å²) < 4.78 is 26.2. The number of hydrogen-bond donors (Lipinski definition) is 1. The van der Waals surface area contributed by atoms with Crippen LogP contribution in [0.3, 0.4) is 0 Å². The first-order valence-corrected chi connectivity index (χ1v) is 11.3. The van der Waals surface area contributed by atoms with Crippen LogP contribution in [0.15, 0.2) is 48.5 Å². The maximum absolute atomic E-state index is 12.8. The molecule has 1 aliphatic rings. The molecule has 2 aromatic carbocycles. The normalized spacial score (nSPS) is 18.0. The second-order valence-electron chi connectivity index (χ2n) is 6.55. The molecule has 1 saturated heterocycles. The van der Waals surface area contributed by atoms with E-state index in [-0.39, 0.29) is 5.91 Å². The fourth-order valence-electron chi connectivity index (χ4n) is 3.38. The quantitative estimate of drug-likeness (QED) is 0.727. The van der Waals surface area contributed by atoms with Crippen LogP contribution in [0.25, 0.3) is 20.8 Å². The van der Waals surface area contributed by atoms with Crippen LogP contribution in [-0.4, -0.2) is 42.5 Å². The molecule has 140 valence electrons. The van der Waals surface area contributed by atoms with E-state index in [0.717, 1.165) is 27.0 Å². The summed E-state index contributed by atoms with van der Waals surface area (Å²) in [6.45, 7) is 0.385. The number of carbonyl (C=O) groups is 1. The summed E-state index contributed by atoms with van der Waals surface area (Å²) in [7, 11) is -3.41. The van der Waals surface area contributed by atoms with Gasteiger partial charge in [-0.3, -0.25) is 4.79 Å². The topological polar surface area (TPSA) is 79.4 Å². The van der Waals surface area contributed by atoms with Crippen LogP contribution < -0.4 is 5.32 Å². The average Bonchev–Trinajstić information content (AvgIpc) is 3.29. The number of thiazole rings is 1. The Morgan fingerprint density at radius 3 is 2.70 bits per heavy atom. The predicted octanol–water partition coefficient (Wildman–Crippen LogP) is 3.33. The Labute approximate surface area is 161 Å². The number of aromatic nitrogens is 1. The molecule has 4 rings (SSSR count). The Bertz CT molecular complexity index is 1080. The summed E-state index contributed by atoms with van der Waals surface area (Å²) in [5.41, 5.74) is 2.38. The van der Waals surface area contributed by atoms with Crippen LogP contribution in [0.5, 0.6) is 0 Å². The zero-order valence-corrected chi connectivity index (χ0v) is 16.4. The van der Waals surface area contributed by atoms with E-state index in [2.05, 4.69) is 10.3 Å². The predicted molar refractivity (Wildman–Crippen MR) is 108 cm³/mol. The number of nitrogens with zero attached hydrogens (tertiary/aromatic N) is 2. The van der Waals surface area contributed by atoms with Crippen molar-refractivity contribution in [2.75, 3.05) is 18.1 Å². The summed E-state index contributed by atoms with van der Waals surface area (Å²) in [5.74, 6) is -0.300. The number of rotatable bonds is 4. The molecule has 1 unspecified atom stereocenters. The highest BCUT2D eigenvalue weighted by Gasteiger charge is 2.36. The van der Waals surface area contributed by atoms with E-state index in [1.54, 1.807) is 11.3 Å². The molecule has 0 bridgehead atoms. The molecule has 1 fully saturated rings. The van der Waals surface area contributed by atoms with Gasteiger partial charge in [0.25, 0.3) is 0 Å². The molecule has 3 aromatic rings. The first-order valence-electron chi connectivity index (χ1n) is 8.66. The highest BCUT2D eigenvalue weighted by molar-refractivity contribution is 7.88. The molecule has 8 heteroatoms. The third kappa shape index (κ3) is 3.60. The van der Waals surface area contributed by atoms with Crippen molar-refractivity contribution in [2.45, 2.75) is 18.9 Å². The fraction of sp³-hybridized carbons (Fsp3) is 0.263. The lowest BCUT2D eigenvalue weighted by Crippen LogP contribution is -2.42. The van der Waals surface area contributed by atoms with Gasteiger partial charge in [0.1, 0.15) is 11.0 Å². The monoisotopic (exact) mass is 401 g/mol. The van der Waals surface area contributed by atoms with Crippen LogP contribution in [0.4, 0.5) is 5.69 Å². The van der Waals surface area contributed by atoms with Crippen molar-refractivity contribution in [3.63, 3.8) is 0 Å². The standard InChI is InChI=1S/C19H19N3O3S2/c1-27(24,25)22-12-6-10-16(22)18(23)20-14-8-3-2-7-13(14)19-21-15-9-4-5-11-17(15)26-19/h2-5,7-9,11,16H,6,10,12H2,1H3,(H,20,23). The van der Waals surface area contributed by atoms with Crippen molar-refractivity contribution in [3.05, 3.63) is 48.5 Å². The maximum Gasteiger partial charge on any atom is 0.242 e. The van der Waals surface area contributed by atoms with Gasteiger partial charge in [0.15, 0.2) is 0 Å². The first kappa shape index (κ1) is 18.1. The minimum Gasteiger partial charge on any atom is -0.324 e. The number of nitrogens with one attached hydrogen (secondary N) is 1. The van der Waals surface area contributed by atoms with Crippen molar-refractivity contribution in [3.8, 4) is 10.6 Å². The average molecular weight is 402 g/mol. The number of sulfonamides is 1. The Kier molecular flexibility index (Phi) is 4.71. The lowest BCUT2D eigenvalue weighted by atomic mass is 10.1. The number of benzene rings is 2. The van der Waals surface area contributed by atoms with Gasteiger partial charge in [-0.15, -0.1) is 11.3 Å². The van der Waals surface area contributed by atoms with Crippen LogP contribution in [0.2, 0.25) is 0 Å². The van der Waals surface area contributed by atoms with Crippen molar-refractivity contribution in [1.82, 2.24) is 9.29 Å². The van der Waals surface area contributed by atoms with Crippen LogP contribution in [0, 0.1) is 0 Å². The zero-order chi connectivity index (χ0) is 19.0. The molecule has 6 nitrogen and oxygen atoms in total. The zero-order valence-electron chi connectivity index (χ0n) is 14.8. The summed E-state index contributed by atoms with van der Waals surface area (Å²) in [6.07, 6.45) is 2.36. The number of anilines is 1. The molecule has 27 heavy (non-hydrogen) atoms. The molecule has 1 N–H and O–H groups in total. The number of carbonyl (C=O) groups excluding carboxylic acids is 1. The lowest BCUT2D eigenvalue weighted by Gasteiger charge is -2.21. The Morgan fingerprint density at radius 2 is 1.93 bits per heavy atom. The fourth-order valence-corrected chi connectivity index (χ4v) is 5.51. The summed E-state index contributed by atoms with van der Waals surface area (Å²) in [5, 5.41) is 3.74. The Balaban J connectivity index is 1.64. The number of para-hydroxylation sites is 2. The van der Waals surface area contributed by atoms with Gasteiger partial charge in [-0.2, -0.15) is 4.31 Å². The Hall–Kier alpha value is -2.29. The van der Waals surface area contributed by atoms with Gasteiger partial charge >= 0.3 is 0 Å². The second-order valence-corrected chi connectivity index (χ2v) is 9.52. The molecular weight excluding hydrogens is 382 g/mol. The van der Waals surface area contributed by atoms with Gasteiger partial charge in [0.05, 0.1) is 22.2 Å². The third-order valence-electron chi connectivity index (χ3n) is 4.64. The summed E-state index contributed by atoms with van der Waals surface area (Å²) in [6, 6.07) is 14.7. The molecule has 1 aromatic heterocycles. The maximum atomic E-state index is 12.8. The third-order valence-corrected chi connectivity index (χ3v) is 7.00. The van der Waals surface area contributed by atoms with Gasteiger partial charge in [-0.25, -0.2) is 13.4 Å². The number of hydrogen-bond acceptors (Lipinski definition) is 5. The van der Waals surface area contributed by atoms with Gasteiger partial charge < -0.3 is 5.32 Å². The highest BCUT2D eigenvalue weighted by atomic mass is 32.2. The van der Waals surface area contributed by atoms with Crippen LogP contribution in [-0.2, 0) is 14.8 Å². The molecule has 1 amide bonds. The van der Waals surface area contributed by atoms with Crippen molar-refractivity contribution in [1.29, 1.82) is 0 Å². The van der Waals surface area contributed by atoms with E-state index in [9.17, 15) is 13.2 Å². The SMILES string of the molecule is CS(=O)(=O)N1CCCC1C(=O)Nc1ccccc1-c1nc2ccccc2s1. The van der Waals surface area contributed by atoms with Crippen LogP contribution >= 0.6 is 11.3 Å². The number of fused-ring (bicyclic) bond motifs is 1. The van der Waals surface area contributed by atoms with Gasteiger partial charge in [-0.05, 0) is 37.1 Å². The van der Waals surface area contributed by atoms with E-state index < -0.39 is 16.1 Å². The molecular formula is C19H19N3O3S2. The molecule has 1 aliphatic heterocycles. The minimum atomic E-state index is -3.41. The van der Waals surface area contributed by atoms with Gasteiger partial charge in [0, 0.05) is 12.1 Å². The van der Waals surface area contributed by atoms with Crippen LogP contribution in [0.1, 0.15) is 12.8 Å². The molecule has 1 atom stereocenters. The van der Waals surface area contributed by atoms with Gasteiger partial charge in [-0.1, -0.05) is 24.3 Å². The molecule has 2 heterocycles.